The van der Waals surface area contributed by atoms with Gasteiger partial charge in [0.2, 0.25) is 5.88 Å². The summed E-state index contributed by atoms with van der Waals surface area (Å²) in [6.07, 6.45) is 0.782. The molecule has 2 aliphatic carbocycles. The molecule has 48 heavy (non-hydrogen) atoms. The van der Waals surface area contributed by atoms with Gasteiger partial charge in [0, 0.05) is 49.2 Å². The van der Waals surface area contributed by atoms with E-state index >= 15 is 4.39 Å². The molecule has 3 aromatic rings. The predicted octanol–water partition coefficient (Wildman–Crippen LogP) is 4.25. The van der Waals surface area contributed by atoms with Crippen LogP contribution in [0.25, 0.3) is 22.2 Å². The van der Waals surface area contributed by atoms with E-state index in [0.29, 0.717) is 19.0 Å². The van der Waals surface area contributed by atoms with Crippen LogP contribution in [-0.4, -0.2) is 94.1 Å². The molecule has 6 aliphatic rings. The molecule has 0 amide bonds. The molecule has 0 aromatic carbocycles. The zero-order chi connectivity index (χ0) is 33.2. The number of piperazine rings is 1. The van der Waals surface area contributed by atoms with E-state index in [9.17, 15) is 13.2 Å². The lowest BCUT2D eigenvalue weighted by atomic mass is 9.99. The highest BCUT2D eigenvalue weighted by atomic mass is 19.4. The summed E-state index contributed by atoms with van der Waals surface area (Å²) >= 11 is 0. The van der Waals surface area contributed by atoms with Crippen molar-refractivity contribution in [2.75, 3.05) is 50.0 Å². The normalized spacial score (nSPS) is 28.2. The minimum Gasteiger partial charge on any atom is -0.472 e. The van der Waals surface area contributed by atoms with Crippen LogP contribution in [0.5, 0.6) is 11.9 Å². The number of nitrogen functional groups attached to an aromatic ring is 1. The number of pyridine rings is 2. The minimum atomic E-state index is -4.85. The molecule has 3 aromatic heterocycles. The first-order valence-electron chi connectivity index (χ1n) is 16.9. The molecule has 3 N–H and O–H groups in total. The van der Waals surface area contributed by atoms with Crippen LogP contribution < -0.4 is 25.4 Å². The largest absolute Gasteiger partial charge is 0.472 e. The number of halogens is 4. The number of alkyl halides is 3. The molecule has 4 aliphatic heterocycles. The maximum Gasteiger partial charge on any atom is 0.418 e. The highest BCUT2D eigenvalue weighted by Crippen LogP contribution is 2.50. The molecule has 1 spiro atoms. The van der Waals surface area contributed by atoms with Crippen LogP contribution in [0, 0.1) is 18.2 Å². The number of rotatable bonds is 6. The van der Waals surface area contributed by atoms with Gasteiger partial charge < -0.3 is 30.2 Å². The van der Waals surface area contributed by atoms with Crippen LogP contribution in [-0.2, 0) is 10.9 Å². The monoisotopic (exact) mass is 670 g/mol. The molecule has 2 bridgehead atoms. The third-order valence-electron chi connectivity index (χ3n) is 11.1. The lowest BCUT2D eigenvalue weighted by Crippen LogP contribution is -2.62. The number of aromatic nitrogens is 4. The maximum absolute atomic E-state index is 16.8. The Morgan fingerprint density at radius 1 is 1.12 bits per heavy atom. The average molecular weight is 671 g/mol. The Bertz CT molecular complexity index is 1820. The lowest BCUT2D eigenvalue weighted by Gasteiger charge is -2.42. The van der Waals surface area contributed by atoms with Crippen molar-refractivity contribution in [1.82, 2.24) is 30.2 Å². The van der Waals surface area contributed by atoms with Crippen molar-refractivity contribution in [2.45, 2.75) is 88.4 Å². The lowest BCUT2D eigenvalue weighted by molar-refractivity contribution is -0.137. The van der Waals surface area contributed by atoms with Gasteiger partial charge in [-0.3, -0.25) is 4.90 Å². The van der Waals surface area contributed by atoms with Crippen LogP contribution in [0.1, 0.15) is 56.7 Å². The summed E-state index contributed by atoms with van der Waals surface area (Å²) < 4.78 is 78.8. The fraction of sp³-hybridized carbons (Fsp3) is 0.636. The zero-order valence-corrected chi connectivity index (χ0v) is 26.9. The molecule has 4 atom stereocenters. The van der Waals surface area contributed by atoms with E-state index in [4.69, 9.17) is 24.9 Å². The summed E-state index contributed by atoms with van der Waals surface area (Å²) in [7, 11) is 0. The second kappa shape index (κ2) is 10.5. The van der Waals surface area contributed by atoms with Gasteiger partial charge in [-0.2, -0.15) is 23.1 Å². The van der Waals surface area contributed by atoms with Gasteiger partial charge in [0.1, 0.15) is 34.3 Å². The van der Waals surface area contributed by atoms with Crippen molar-refractivity contribution < 1.29 is 31.8 Å². The van der Waals surface area contributed by atoms with Crippen molar-refractivity contribution in [3.63, 3.8) is 0 Å². The summed E-state index contributed by atoms with van der Waals surface area (Å²) in [5.41, 5.74) is 3.05. The van der Waals surface area contributed by atoms with Gasteiger partial charge in [-0.15, -0.1) is 0 Å². The van der Waals surface area contributed by atoms with E-state index in [2.05, 4.69) is 30.1 Å². The number of aryl methyl sites for hydroxylation is 1. The van der Waals surface area contributed by atoms with Crippen molar-refractivity contribution in [3.8, 4) is 23.1 Å². The van der Waals surface area contributed by atoms with E-state index in [0.717, 1.165) is 70.8 Å². The molecular weight excluding hydrogens is 632 g/mol. The smallest absolute Gasteiger partial charge is 0.418 e. The van der Waals surface area contributed by atoms with Crippen LogP contribution in [0.2, 0.25) is 0 Å². The van der Waals surface area contributed by atoms with Gasteiger partial charge in [-0.25, -0.2) is 14.4 Å². The van der Waals surface area contributed by atoms with E-state index in [1.807, 2.05) is 6.92 Å². The fourth-order valence-electron chi connectivity index (χ4n) is 8.49. The molecular formula is C33H38F4N8O3. The summed E-state index contributed by atoms with van der Waals surface area (Å²) in [6, 6.07) is 1.10. The molecule has 5 fully saturated rings. The molecule has 7 heterocycles. The zero-order valence-electron chi connectivity index (χ0n) is 26.9. The quantitative estimate of drug-likeness (QED) is 0.366. The Morgan fingerprint density at radius 2 is 1.94 bits per heavy atom. The minimum absolute atomic E-state index is 0.0151. The Hall–Kier alpha value is -3.56. The Labute approximate surface area is 274 Å². The topological polar surface area (TPSA) is 124 Å². The Balaban J connectivity index is 1.15. The molecule has 2 saturated carbocycles. The van der Waals surface area contributed by atoms with E-state index < -0.39 is 34.9 Å². The number of nitrogens with zero attached hydrogens (tertiary/aromatic N) is 6. The number of nitrogens with two attached hydrogens (primary N) is 1. The average Bonchev–Trinajstić information content (AvgIpc) is 3.94. The van der Waals surface area contributed by atoms with Gasteiger partial charge >= 0.3 is 12.2 Å². The number of hydrogen-bond donors (Lipinski definition) is 2. The van der Waals surface area contributed by atoms with Gasteiger partial charge in [0.15, 0.2) is 5.82 Å². The first-order valence-corrected chi connectivity index (χ1v) is 16.9. The highest BCUT2D eigenvalue weighted by Gasteiger charge is 2.52. The number of anilines is 2. The first-order chi connectivity index (χ1) is 22.9. The van der Waals surface area contributed by atoms with Gasteiger partial charge in [0.05, 0.1) is 36.1 Å². The summed E-state index contributed by atoms with van der Waals surface area (Å²) in [5, 5.41) is 3.88. The van der Waals surface area contributed by atoms with Crippen molar-refractivity contribution in [3.05, 3.63) is 23.1 Å². The van der Waals surface area contributed by atoms with Crippen molar-refractivity contribution in [1.29, 1.82) is 0 Å². The third kappa shape index (κ3) is 5.02. The molecule has 15 heteroatoms. The first kappa shape index (κ1) is 30.5. The Morgan fingerprint density at radius 3 is 2.69 bits per heavy atom. The molecule has 0 unspecified atom stereocenters. The molecule has 256 valence electrons. The van der Waals surface area contributed by atoms with Crippen LogP contribution >= 0.6 is 0 Å². The van der Waals surface area contributed by atoms with Crippen LogP contribution in [0.3, 0.4) is 0 Å². The fourth-order valence-corrected chi connectivity index (χ4v) is 8.49. The van der Waals surface area contributed by atoms with Gasteiger partial charge in [0.25, 0.3) is 0 Å². The Kier molecular flexibility index (Phi) is 6.65. The second-order valence-corrected chi connectivity index (χ2v) is 14.7. The van der Waals surface area contributed by atoms with Crippen molar-refractivity contribution >= 4 is 22.5 Å². The third-order valence-corrected chi connectivity index (χ3v) is 11.1. The molecule has 3 saturated heterocycles. The standard InChI is InChI=1S/C33H38F4N8O3/c1-16-23(33(35,36)37)19(11-21(38)39-16)25-24(34)26-22-28(45-12-18-3-4-20(40-18)27(45)17(2)48-29(22)41-25)43-30(42-26)46-15-31(5-6-31)13-44-9-10-47-32(14-44)7-8-32/h11,17-18,20,27,40H,3-10,12-15H2,1-2H3,(H2,38,39)/t17-,18+,20-,27+/m0/s1. The number of ether oxygens (including phenoxy) is 3. The molecule has 11 nitrogen and oxygen atoms in total. The van der Waals surface area contributed by atoms with Crippen molar-refractivity contribution in [2.24, 2.45) is 5.41 Å². The van der Waals surface area contributed by atoms with E-state index in [1.54, 1.807) is 0 Å². The van der Waals surface area contributed by atoms with Gasteiger partial charge in [-0.1, -0.05) is 0 Å². The van der Waals surface area contributed by atoms with E-state index in [-0.39, 0.29) is 63.4 Å². The van der Waals surface area contributed by atoms with E-state index in [1.165, 1.54) is 6.92 Å². The van der Waals surface area contributed by atoms with Crippen LogP contribution in [0.4, 0.5) is 29.2 Å². The number of hydrogen-bond acceptors (Lipinski definition) is 11. The second-order valence-electron chi connectivity index (χ2n) is 14.7. The number of fused-ring (bicyclic) bond motifs is 5. The highest BCUT2D eigenvalue weighted by molar-refractivity contribution is 5.97. The maximum atomic E-state index is 16.8. The predicted molar refractivity (Wildman–Crippen MR) is 167 cm³/mol. The number of nitrogens with one attached hydrogen (secondary N) is 1. The molecule has 0 radical (unpaired) electrons. The van der Waals surface area contributed by atoms with Gasteiger partial charge in [-0.05, 0) is 58.4 Å². The summed E-state index contributed by atoms with van der Waals surface area (Å²) in [4.78, 5) is 22.2. The molecule has 9 rings (SSSR count). The summed E-state index contributed by atoms with van der Waals surface area (Å²) in [6.45, 7) is 7.40. The van der Waals surface area contributed by atoms with Crippen LogP contribution in [0.15, 0.2) is 6.07 Å². The SMILES string of the molecule is Cc1nc(N)cc(-c2nc3c4c(nc(OCC5(CN6CCOC7(CC7)C6)CC5)nc4c2F)N2C[C@H]4CC[C@H](N4)[C@H]2[C@H](C)O3)c1C(F)(F)F. The summed E-state index contributed by atoms with van der Waals surface area (Å²) in [5.74, 6) is -0.825. The number of morpholine rings is 1.